The van der Waals surface area contributed by atoms with Gasteiger partial charge in [0.15, 0.2) is 0 Å². The van der Waals surface area contributed by atoms with Gasteiger partial charge in [0.2, 0.25) is 0 Å². The van der Waals surface area contributed by atoms with E-state index in [1.54, 1.807) is 0 Å². The third kappa shape index (κ3) is 2.43. The van der Waals surface area contributed by atoms with Crippen LogP contribution in [0.25, 0.3) is 0 Å². The molecular formula is C14H12OSe2. The molecule has 0 unspecified atom stereocenters. The van der Waals surface area contributed by atoms with Gasteiger partial charge in [0.25, 0.3) is 0 Å². The molecule has 0 radical (unpaired) electrons. The summed E-state index contributed by atoms with van der Waals surface area (Å²) in [7, 11) is 0. The molecule has 0 N–H and O–H groups in total. The molecular weight excluding hydrogens is 342 g/mol. The summed E-state index contributed by atoms with van der Waals surface area (Å²) in [6, 6.07) is 16.9. The van der Waals surface area contributed by atoms with E-state index in [1.165, 1.54) is 20.1 Å². The van der Waals surface area contributed by atoms with Crippen molar-refractivity contribution >= 4 is 37.7 Å². The average molecular weight is 354 g/mol. The van der Waals surface area contributed by atoms with Crippen LogP contribution in [0.5, 0.6) is 0 Å². The fourth-order valence-electron chi connectivity index (χ4n) is 1.96. The molecule has 0 saturated heterocycles. The van der Waals surface area contributed by atoms with Crippen LogP contribution in [0.3, 0.4) is 0 Å². The number of hydrogen-bond donors (Lipinski definition) is 0. The SMILES string of the molecule is O=[Se]1Cc2ccccc2[Se]c2ccccc2C1. The molecule has 2 aromatic carbocycles. The first kappa shape index (κ1) is 11.4. The third-order valence-corrected chi connectivity index (χ3v) is 8.05. The summed E-state index contributed by atoms with van der Waals surface area (Å²) in [5, 5.41) is 1.60. The van der Waals surface area contributed by atoms with Crippen LogP contribution in [0.15, 0.2) is 48.5 Å². The second-order valence-electron chi connectivity index (χ2n) is 4.05. The van der Waals surface area contributed by atoms with E-state index in [9.17, 15) is 3.83 Å². The zero-order valence-corrected chi connectivity index (χ0v) is 12.7. The fraction of sp³-hybridized carbons (Fsp3) is 0.143. The first-order chi connectivity index (χ1) is 8.33. The first-order valence-corrected chi connectivity index (χ1v) is 10.3. The zero-order valence-electron chi connectivity index (χ0n) is 9.26. The Bertz CT molecular complexity index is 528. The Balaban J connectivity index is 2.12. The zero-order chi connectivity index (χ0) is 11.7. The number of rotatable bonds is 0. The molecule has 0 saturated carbocycles. The van der Waals surface area contributed by atoms with E-state index in [1.807, 2.05) is 0 Å². The summed E-state index contributed by atoms with van der Waals surface area (Å²) in [5.74, 6) is 0. The quantitative estimate of drug-likeness (QED) is 0.644. The summed E-state index contributed by atoms with van der Waals surface area (Å²) < 4.78 is 15.0. The van der Waals surface area contributed by atoms with Crippen molar-refractivity contribution in [2.24, 2.45) is 0 Å². The summed E-state index contributed by atoms with van der Waals surface area (Å²) in [6.07, 6.45) is 0. The maximum absolute atomic E-state index is 12.2. The summed E-state index contributed by atoms with van der Waals surface area (Å²) in [4.78, 5) is 0. The van der Waals surface area contributed by atoms with Crippen molar-refractivity contribution < 1.29 is 3.83 Å². The minimum atomic E-state index is -1.74. The van der Waals surface area contributed by atoms with Gasteiger partial charge in [-0.05, 0) is 0 Å². The summed E-state index contributed by atoms with van der Waals surface area (Å²) >= 11 is -1.38. The summed E-state index contributed by atoms with van der Waals surface area (Å²) in [5.41, 5.74) is 2.61. The molecule has 0 aromatic heterocycles. The Kier molecular flexibility index (Phi) is 3.26. The molecule has 86 valence electrons. The monoisotopic (exact) mass is 356 g/mol. The van der Waals surface area contributed by atoms with Gasteiger partial charge in [-0.1, -0.05) is 0 Å². The molecule has 2 aromatic rings. The van der Waals surface area contributed by atoms with E-state index in [2.05, 4.69) is 48.5 Å². The number of benzene rings is 2. The average Bonchev–Trinajstić information content (AvgIpc) is 2.31. The predicted octanol–water partition coefficient (Wildman–Crippen LogP) is 0.941. The molecule has 1 heterocycles. The van der Waals surface area contributed by atoms with E-state index in [0.29, 0.717) is 15.0 Å². The van der Waals surface area contributed by atoms with Gasteiger partial charge < -0.3 is 0 Å². The van der Waals surface area contributed by atoms with E-state index in [0.717, 1.165) is 10.6 Å². The van der Waals surface area contributed by atoms with E-state index in [4.69, 9.17) is 0 Å². The van der Waals surface area contributed by atoms with Crippen molar-refractivity contribution in [3.63, 3.8) is 0 Å². The van der Waals surface area contributed by atoms with Gasteiger partial charge >= 0.3 is 112 Å². The standard InChI is InChI=1S/C14H12OSe2/c15-17-9-11-5-1-3-7-13(11)16-14-8-4-2-6-12(14)10-17/h1-8H,9-10H2. The Morgan fingerprint density at radius 1 is 0.824 bits per heavy atom. The molecule has 0 bridgehead atoms. The molecule has 1 aliphatic rings. The Hall–Kier alpha value is -0.721. The second kappa shape index (κ2) is 4.87. The van der Waals surface area contributed by atoms with E-state index >= 15 is 0 Å². The van der Waals surface area contributed by atoms with Gasteiger partial charge in [0, 0.05) is 0 Å². The molecule has 1 nitrogen and oxygen atoms in total. The predicted molar refractivity (Wildman–Crippen MR) is 71.8 cm³/mol. The van der Waals surface area contributed by atoms with Crippen molar-refractivity contribution in [1.29, 1.82) is 0 Å². The van der Waals surface area contributed by atoms with Crippen molar-refractivity contribution in [3.05, 3.63) is 59.7 Å². The molecule has 0 fully saturated rings. The van der Waals surface area contributed by atoms with Crippen molar-refractivity contribution in [2.75, 3.05) is 0 Å². The Morgan fingerprint density at radius 3 is 1.82 bits per heavy atom. The molecule has 3 heteroatoms. The van der Waals surface area contributed by atoms with E-state index in [-0.39, 0.29) is 0 Å². The molecule has 3 rings (SSSR count). The van der Waals surface area contributed by atoms with Gasteiger partial charge in [0.05, 0.1) is 0 Å². The third-order valence-electron chi connectivity index (χ3n) is 2.80. The number of hydrogen-bond acceptors (Lipinski definition) is 1. The Morgan fingerprint density at radius 2 is 1.29 bits per heavy atom. The van der Waals surface area contributed by atoms with Gasteiger partial charge in [-0.25, -0.2) is 0 Å². The summed E-state index contributed by atoms with van der Waals surface area (Å²) in [6.45, 7) is 0. The van der Waals surface area contributed by atoms with Gasteiger partial charge in [0.1, 0.15) is 0 Å². The first-order valence-electron chi connectivity index (χ1n) is 5.51. The van der Waals surface area contributed by atoms with Gasteiger partial charge in [-0.2, -0.15) is 0 Å². The van der Waals surface area contributed by atoms with Gasteiger partial charge in [-0.15, -0.1) is 0 Å². The van der Waals surface area contributed by atoms with Crippen molar-refractivity contribution in [2.45, 2.75) is 10.6 Å². The van der Waals surface area contributed by atoms with Crippen LogP contribution in [0.2, 0.25) is 0 Å². The molecule has 0 spiro atoms. The topological polar surface area (TPSA) is 17.1 Å². The second-order valence-corrected chi connectivity index (χ2v) is 9.38. The Labute approximate surface area is 111 Å². The van der Waals surface area contributed by atoms with Crippen LogP contribution in [0.4, 0.5) is 0 Å². The van der Waals surface area contributed by atoms with Crippen LogP contribution >= 0.6 is 0 Å². The van der Waals surface area contributed by atoms with E-state index < -0.39 is 13.8 Å². The van der Waals surface area contributed by atoms with Gasteiger partial charge in [-0.3, -0.25) is 0 Å². The minimum absolute atomic E-state index is 0.361. The van der Waals surface area contributed by atoms with Crippen LogP contribution in [-0.2, 0) is 14.5 Å². The fourth-order valence-corrected chi connectivity index (χ4v) is 7.86. The number of fused-ring (bicyclic) bond motifs is 2. The molecule has 1 aliphatic heterocycles. The van der Waals surface area contributed by atoms with Crippen molar-refractivity contribution in [1.82, 2.24) is 0 Å². The normalized spacial score (nSPS) is 15.5. The van der Waals surface area contributed by atoms with Crippen LogP contribution in [-0.4, -0.2) is 28.8 Å². The van der Waals surface area contributed by atoms with Crippen LogP contribution in [0, 0.1) is 0 Å². The molecule has 0 atom stereocenters. The van der Waals surface area contributed by atoms with Crippen molar-refractivity contribution in [3.8, 4) is 0 Å². The molecule has 0 aliphatic carbocycles. The van der Waals surface area contributed by atoms with Crippen LogP contribution in [0.1, 0.15) is 11.1 Å². The molecule has 0 amide bonds. The van der Waals surface area contributed by atoms with Crippen LogP contribution < -0.4 is 8.92 Å². The molecule has 17 heavy (non-hydrogen) atoms. The maximum atomic E-state index is 12.2.